The second kappa shape index (κ2) is 4.88. The summed E-state index contributed by atoms with van der Waals surface area (Å²) in [6, 6.07) is 13.6. The van der Waals surface area contributed by atoms with E-state index in [1.165, 1.54) is 10.1 Å². The van der Waals surface area contributed by atoms with Crippen LogP contribution < -0.4 is 0 Å². The fraction of sp³-hybridized carbons (Fsp3) is 0.111. The van der Waals surface area contributed by atoms with Crippen molar-refractivity contribution < 1.29 is 4.39 Å². The molecule has 1 aromatic heterocycles. The first kappa shape index (κ1) is 13.1. The standard InChI is InChI=1S/C18H15FS/c1-11-8-15(19)9-12(2)18(11)13(3)17-10-14-6-4-5-7-16(14)20-17/h4-10H,3H2,1-2H3. The molecule has 0 aliphatic heterocycles. The molecule has 0 fully saturated rings. The lowest BCUT2D eigenvalue weighted by Crippen LogP contribution is -1.94. The lowest BCUT2D eigenvalue weighted by Gasteiger charge is -2.11. The number of aryl methyl sites for hydroxylation is 2. The van der Waals surface area contributed by atoms with Crippen LogP contribution in [0.1, 0.15) is 21.6 Å². The molecule has 0 bridgehead atoms. The van der Waals surface area contributed by atoms with Crippen LogP contribution in [0.2, 0.25) is 0 Å². The molecule has 0 radical (unpaired) electrons. The summed E-state index contributed by atoms with van der Waals surface area (Å²) in [6.45, 7) is 8.10. The molecule has 20 heavy (non-hydrogen) atoms. The monoisotopic (exact) mass is 282 g/mol. The zero-order valence-corrected chi connectivity index (χ0v) is 12.4. The van der Waals surface area contributed by atoms with Crippen molar-refractivity contribution >= 4 is 27.0 Å². The van der Waals surface area contributed by atoms with Crippen LogP contribution >= 0.6 is 11.3 Å². The van der Waals surface area contributed by atoms with E-state index < -0.39 is 0 Å². The van der Waals surface area contributed by atoms with Crippen molar-refractivity contribution in [3.63, 3.8) is 0 Å². The zero-order chi connectivity index (χ0) is 14.3. The van der Waals surface area contributed by atoms with Gasteiger partial charge in [0.1, 0.15) is 5.82 Å². The summed E-state index contributed by atoms with van der Waals surface area (Å²) < 4.78 is 14.7. The minimum Gasteiger partial charge on any atom is -0.207 e. The molecule has 2 aromatic carbocycles. The van der Waals surface area contributed by atoms with E-state index in [1.807, 2.05) is 26.0 Å². The number of hydrogen-bond acceptors (Lipinski definition) is 1. The number of fused-ring (bicyclic) bond motifs is 1. The molecule has 2 heteroatoms. The highest BCUT2D eigenvalue weighted by Gasteiger charge is 2.12. The number of halogens is 1. The quantitative estimate of drug-likeness (QED) is 0.564. The Morgan fingerprint density at radius 2 is 1.70 bits per heavy atom. The van der Waals surface area contributed by atoms with Crippen molar-refractivity contribution in [3.8, 4) is 0 Å². The topological polar surface area (TPSA) is 0 Å². The molecule has 1 heterocycles. The van der Waals surface area contributed by atoms with E-state index in [-0.39, 0.29) is 5.82 Å². The molecule has 0 nitrogen and oxygen atoms in total. The maximum atomic E-state index is 13.4. The number of thiophene rings is 1. The van der Waals surface area contributed by atoms with Gasteiger partial charge in [-0.2, -0.15) is 0 Å². The Hall–Kier alpha value is -1.93. The Morgan fingerprint density at radius 1 is 1.05 bits per heavy atom. The molecule has 100 valence electrons. The fourth-order valence-electron chi connectivity index (χ4n) is 2.64. The van der Waals surface area contributed by atoms with Crippen LogP contribution in [0.3, 0.4) is 0 Å². The summed E-state index contributed by atoms with van der Waals surface area (Å²) in [4.78, 5) is 1.14. The average Bonchev–Trinajstić information content (AvgIpc) is 2.81. The molecular formula is C18H15FS. The van der Waals surface area contributed by atoms with Crippen molar-refractivity contribution in [1.29, 1.82) is 0 Å². The summed E-state index contributed by atoms with van der Waals surface area (Å²) in [7, 11) is 0. The molecule has 0 saturated heterocycles. The summed E-state index contributed by atoms with van der Waals surface area (Å²) in [6.07, 6.45) is 0. The summed E-state index contributed by atoms with van der Waals surface area (Å²) >= 11 is 1.73. The Bertz CT molecular complexity index is 755. The number of benzene rings is 2. The van der Waals surface area contributed by atoms with E-state index in [9.17, 15) is 4.39 Å². The normalized spacial score (nSPS) is 10.9. The number of hydrogen-bond donors (Lipinski definition) is 0. The zero-order valence-electron chi connectivity index (χ0n) is 11.5. The van der Waals surface area contributed by atoms with Gasteiger partial charge in [0, 0.05) is 9.58 Å². The molecule has 0 N–H and O–H groups in total. The van der Waals surface area contributed by atoms with E-state index in [0.717, 1.165) is 27.1 Å². The third-order valence-corrected chi connectivity index (χ3v) is 4.70. The average molecular weight is 282 g/mol. The van der Waals surface area contributed by atoms with Crippen molar-refractivity contribution in [3.05, 3.63) is 76.4 Å². The van der Waals surface area contributed by atoms with Crippen LogP contribution in [0, 0.1) is 19.7 Å². The van der Waals surface area contributed by atoms with Crippen molar-refractivity contribution in [2.45, 2.75) is 13.8 Å². The van der Waals surface area contributed by atoms with Gasteiger partial charge in [0.25, 0.3) is 0 Å². The van der Waals surface area contributed by atoms with Gasteiger partial charge in [-0.3, -0.25) is 0 Å². The van der Waals surface area contributed by atoms with Gasteiger partial charge in [0.15, 0.2) is 0 Å². The van der Waals surface area contributed by atoms with Gasteiger partial charge in [-0.05, 0) is 65.8 Å². The van der Waals surface area contributed by atoms with Gasteiger partial charge in [0.2, 0.25) is 0 Å². The first-order chi connectivity index (χ1) is 9.56. The smallest absolute Gasteiger partial charge is 0.123 e. The predicted molar refractivity (Wildman–Crippen MR) is 85.8 cm³/mol. The molecule has 0 unspecified atom stereocenters. The van der Waals surface area contributed by atoms with Crippen LogP contribution in [0.25, 0.3) is 15.7 Å². The van der Waals surface area contributed by atoms with Crippen molar-refractivity contribution in [1.82, 2.24) is 0 Å². The highest BCUT2D eigenvalue weighted by Crippen LogP contribution is 2.35. The lowest BCUT2D eigenvalue weighted by atomic mass is 9.95. The van der Waals surface area contributed by atoms with Crippen LogP contribution in [0.5, 0.6) is 0 Å². The van der Waals surface area contributed by atoms with Gasteiger partial charge in [-0.25, -0.2) is 4.39 Å². The predicted octanol–water partition coefficient (Wildman–Crippen LogP) is 5.72. The lowest BCUT2D eigenvalue weighted by molar-refractivity contribution is 0.625. The highest BCUT2D eigenvalue weighted by atomic mass is 32.1. The molecule has 0 aliphatic carbocycles. The van der Waals surface area contributed by atoms with E-state index in [4.69, 9.17) is 0 Å². The third kappa shape index (κ3) is 2.16. The van der Waals surface area contributed by atoms with Crippen LogP contribution in [-0.2, 0) is 0 Å². The largest absolute Gasteiger partial charge is 0.207 e. The maximum Gasteiger partial charge on any atom is 0.123 e. The van der Waals surface area contributed by atoms with Gasteiger partial charge in [-0.1, -0.05) is 24.8 Å². The second-order valence-electron chi connectivity index (χ2n) is 5.04. The minimum atomic E-state index is -0.187. The van der Waals surface area contributed by atoms with Gasteiger partial charge >= 0.3 is 0 Å². The molecular weight excluding hydrogens is 267 g/mol. The summed E-state index contributed by atoms with van der Waals surface area (Å²) in [5, 5.41) is 1.23. The first-order valence-corrected chi connectivity index (χ1v) is 7.33. The second-order valence-corrected chi connectivity index (χ2v) is 6.13. The third-order valence-electron chi connectivity index (χ3n) is 3.52. The Morgan fingerprint density at radius 3 is 2.35 bits per heavy atom. The molecule has 0 aliphatic rings. The van der Waals surface area contributed by atoms with E-state index in [1.54, 1.807) is 23.5 Å². The fourth-order valence-corrected chi connectivity index (χ4v) is 3.68. The van der Waals surface area contributed by atoms with Gasteiger partial charge < -0.3 is 0 Å². The van der Waals surface area contributed by atoms with E-state index in [2.05, 4.69) is 24.8 Å². The van der Waals surface area contributed by atoms with Crippen LogP contribution in [0.4, 0.5) is 4.39 Å². The minimum absolute atomic E-state index is 0.187. The molecule has 0 spiro atoms. The number of rotatable bonds is 2. The first-order valence-electron chi connectivity index (χ1n) is 6.51. The molecule has 3 aromatic rings. The van der Waals surface area contributed by atoms with E-state index in [0.29, 0.717) is 0 Å². The van der Waals surface area contributed by atoms with E-state index >= 15 is 0 Å². The highest BCUT2D eigenvalue weighted by molar-refractivity contribution is 7.20. The Kier molecular flexibility index (Phi) is 3.19. The van der Waals surface area contributed by atoms with Crippen molar-refractivity contribution in [2.75, 3.05) is 0 Å². The van der Waals surface area contributed by atoms with Crippen LogP contribution in [-0.4, -0.2) is 0 Å². The molecule has 3 rings (SSSR count). The SMILES string of the molecule is C=C(c1cc2ccccc2s1)c1c(C)cc(F)cc1C. The maximum absolute atomic E-state index is 13.4. The molecule has 0 atom stereocenters. The summed E-state index contributed by atoms with van der Waals surface area (Å²) in [5.41, 5.74) is 3.90. The Labute approximate surface area is 122 Å². The van der Waals surface area contributed by atoms with Gasteiger partial charge in [0.05, 0.1) is 0 Å². The van der Waals surface area contributed by atoms with Crippen LogP contribution in [0.15, 0.2) is 49.0 Å². The molecule has 0 amide bonds. The van der Waals surface area contributed by atoms with Crippen molar-refractivity contribution in [2.24, 2.45) is 0 Å². The van der Waals surface area contributed by atoms with Gasteiger partial charge in [-0.15, -0.1) is 11.3 Å². The molecule has 0 saturated carbocycles. The Balaban J connectivity index is 2.13. The summed E-state index contributed by atoms with van der Waals surface area (Å²) in [5.74, 6) is -0.187.